The molecule has 4 aromatic rings. The average molecular weight is 934 g/mol. The van der Waals surface area contributed by atoms with Crippen molar-refractivity contribution in [3.8, 4) is 28.7 Å². The number of aliphatic hydroxyl groups is 2. The SMILES string of the molecule is COC(=O)[C@H]1[C@@H](O)[C@@]2(O)c3c(OC)cc(O[C@@H]4O[C@@H]([C@@H](CO[Si](C)(C)C(C)(C)C)OC(=O)Oc5ccc([N+](=O)[O-])cc5)CO[C@H]4OC)cc3O[C@@]2(c2ccc(OC)cc2)[C@@H]1c1ccccc1. The molecule has 2 fully saturated rings. The molecule has 9 atom stereocenters. The van der Waals surface area contributed by atoms with Crippen LogP contribution in [0.2, 0.25) is 18.1 Å². The van der Waals surface area contributed by atoms with Crippen molar-refractivity contribution in [2.45, 2.75) is 86.9 Å². The van der Waals surface area contributed by atoms with E-state index in [1.54, 1.807) is 48.5 Å². The summed E-state index contributed by atoms with van der Waals surface area (Å²) >= 11 is 0. The predicted octanol–water partition coefficient (Wildman–Crippen LogP) is 6.73. The number of hydrogen-bond acceptors (Lipinski definition) is 17. The third kappa shape index (κ3) is 8.67. The van der Waals surface area contributed by atoms with Crippen LogP contribution in [-0.2, 0) is 44.1 Å². The second kappa shape index (κ2) is 18.8. The van der Waals surface area contributed by atoms with Crippen LogP contribution in [0.4, 0.5) is 10.5 Å². The molecule has 19 heteroatoms. The molecule has 1 saturated carbocycles. The summed E-state index contributed by atoms with van der Waals surface area (Å²) in [5.41, 5.74) is -3.34. The summed E-state index contributed by atoms with van der Waals surface area (Å²) in [6.45, 7) is 10.00. The van der Waals surface area contributed by atoms with Crippen LogP contribution < -0.4 is 23.7 Å². The van der Waals surface area contributed by atoms with E-state index in [2.05, 4.69) is 20.8 Å². The van der Waals surface area contributed by atoms with Crippen LogP contribution in [0.5, 0.6) is 28.7 Å². The number of rotatable bonds is 15. The fraction of sp³-hybridized carbons (Fsp3) is 0.447. The van der Waals surface area contributed by atoms with Crippen molar-refractivity contribution in [1.82, 2.24) is 0 Å². The summed E-state index contributed by atoms with van der Waals surface area (Å²) in [6.07, 6.45) is -7.49. The third-order valence-electron chi connectivity index (χ3n) is 13.0. The molecule has 1 saturated heterocycles. The Kier molecular flexibility index (Phi) is 13.7. The molecular formula is C47H55NO17Si. The van der Waals surface area contributed by atoms with E-state index in [9.17, 15) is 29.9 Å². The molecule has 0 bridgehead atoms. The molecule has 3 aliphatic rings. The molecule has 0 aromatic heterocycles. The molecule has 354 valence electrons. The van der Waals surface area contributed by atoms with Gasteiger partial charge in [0.1, 0.15) is 41.0 Å². The topological polar surface area (TPSA) is 219 Å². The number of ether oxygens (including phenoxy) is 10. The highest BCUT2D eigenvalue weighted by Gasteiger charge is 2.78. The molecular weight excluding hydrogens is 879 g/mol. The molecule has 0 radical (unpaired) electrons. The van der Waals surface area contributed by atoms with E-state index in [4.69, 9.17) is 51.8 Å². The number of carbonyl (C=O) groups excluding carboxylic acids is 2. The van der Waals surface area contributed by atoms with Crippen molar-refractivity contribution < 1.29 is 76.5 Å². The molecule has 7 rings (SSSR count). The summed E-state index contributed by atoms with van der Waals surface area (Å²) in [5.74, 6) is -2.37. The lowest BCUT2D eigenvalue weighted by Crippen LogP contribution is -2.54. The first-order chi connectivity index (χ1) is 31.3. The summed E-state index contributed by atoms with van der Waals surface area (Å²) in [4.78, 5) is 37.6. The maximum absolute atomic E-state index is 13.7. The van der Waals surface area contributed by atoms with Gasteiger partial charge in [0.2, 0.25) is 6.29 Å². The molecule has 4 aromatic carbocycles. The van der Waals surface area contributed by atoms with E-state index >= 15 is 0 Å². The van der Waals surface area contributed by atoms with E-state index < -0.39 is 79.3 Å². The monoisotopic (exact) mass is 933 g/mol. The average Bonchev–Trinajstić information content (AvgIpc) is 3.68. The third-order valence-corrected chi connectivity index (χ3v) is 17.5. The fourth-order valence-electron chi connectivity index (χ4n) is 8.59. The number of nitrogens with zero attached hydrogens (tertiary/aromatic N) is 1. The maximum atomic E-state index is 13.7. The predicted molar refractivity (Wildman–Crippen MR) is 236 cm³/mol. The number of nitro groups is 1. The minimum atomic E-state index is -2.43. The quantitative estimate of drug-likeness (QED) is 0.0415. The molecule has 0 unspecified atom stereocenters. The maximum Gasteiger partial charge on any atom is 0.514 e. The highest BCUT2D eigenvalue weighted by Crippen LogP contribution is 2.70. The number of methoxy groups -OCH3 is 4. The number of benzene rings is 4. The van der Waals surface area contributed by atoms with Crippen LogP contribution in [0.15, 0.2) is 91.0 Å². The van der Waals surface area contributed by atoms with Gasteiger partial charge in [0.15, 0.2) is 25.6 Å². The van der Waals surface area contributed by atoms with Gasteiger partial charge in [0, 0.05) is 37.3 Å². The van der Waals surface area contributed by atoms with Crippen molar-refractivity contribution in [1.29, 1.82) is 0 Å². The molecule has 2 N–H and O–H groups in total. The fourth-order valence-corrected chi connectivity index (χ4v) is 9.61. The Bertz CT molecular complexity index is 2380. The summed E-state index contributed by atoms with van der Waals surface area (Å²) in [7, 11) is 3.06. The van der Waals surface area contributed by atoms with Crippen LogP contribution in [0.1, 0.15) is 43.4 Å². The van der Waals surface area contributed by atoms with Gasteiger partial charge in [0.05, 0.1) is 50.9 Å². The Morgan fingerprint density at radius 1 is 0.909 bits per heavy atom. The van der Waals surface area contributed by atoms with Crippen molar-refractivity contribution >= 4 is 26.1 Å². The van der Waals surface area contributed by atoms with Gasteiger partial charge in [-0.05, 0) is 53.5 Å². The molecule has 18 nitrogen and oxygen atoms in total. The zero-order valence-corrected chi connectivity index (χ0v) is 39.1. The molecule has 2 heterocycles. The van der Waals surface area contributed by atoms with Gasteiger partial charge in [-0.2, -0.15) is 0 Å². The number of hydrogen-bond donors (Lipinski definition) is 2. The van der Waals surface area contributed by atoms with Gasteiger partial charge in [-0.3, -0.25) is 14.9 Å². The van der Waals surface area contributed by atoms with Crippen LogP contribution >= 0.6 is 0 Å². The van der Waals surface area contributed by atoms with E-state index in [0.717, 1.165) is 0 Å². The van der Waals surface area contributed by atoms with E-state index in [-0.39, 0.29) is 52.5 Å². The lowest BCUT2D eigenvalue weighted by molar-refractivity contribution is -0.384. The van der Waals surface area contributed by atoms with E-state index in [1.807, 2.05) is 19.2 Å². The van der Waals surface area contributed by atoms with Crippen molar-refractivity contribution in [3.63, 3.8) is 0 Å². The highest BCUT2D eigenvalue weighted by atomic mass is 28.4. The van der Waals surface area contributed by atoms with E-state index in [0.29, 0.717) is 16.9 Å². The van der Waals surface area contributed by atoms with Crippen molar-refractivity contribution in [2.75, 3.05) is 41.7 Å². The number of esters is 1. The standard InChI is InChI=1S/C47H55NO17Si/c1-45(2,3)66(8,9)60-26-36(64-44(51)62-31-21-17-29(18-22-31)48(53)54)35-25-59-42(58-7)43(63-35)61-32-23-33(56-5)39-34(24-32)65-47(28-15-19-30(55-4)20-16-28)38(27-13-11-10-12-14-27)37(41(50)57-6)40(49)46(39,47)52/h10-24,35-38,40,42-43,49,52H,25-26H2,1-9H3/t35-,36-,37-,38-,40-,42-,43-,46+,47+/m1/s1. The molecule has 0 spiro atoms. The van der Waals surface area contributed by atoms with E-state index in [1.165, 1.54) is 64.8 Å². The van der Waals surface area contributed by atoms with Crippen LogP contribution in [-0.4, -0.2) is 108 Å². The second-order valence-corrected chi connectivity index (χ2v) is 22.5. The number of carbonyl (C=O) groups is 2. The summed E-state index contributed by atoms with van der Waals surface area (Å²) in [5, 5.41) is 36.6. The lowest BCUT2D eigenvalue weighted by atomic mass is 9.70. The molecule has 1 aliphatic carbocycles. The first kappa shape index (κ1) is 48.1. The van der Waals surface area contributed by atoms with Gasteiger partial charge in [-0.1, -0.05) is 63.2 Å². The zero-order valence-electron chi connectivity index (χ0n) is 38.1. The Morgan fingerprint density at radius 3 is 2.17 bits per heavy atom. The first-order valence-electron chi connectivity index (χ1n) is 21.2. The Labute approximate surface area is 382 Å². The van der Waals surface area contributed by atoms with Gasteiger partial charge >= 0.3 is 12.1 Å². The number of aliphatic hydroxyl groups excluding tert-OH is 1. The summed E-state index contributed by atoms with van der Waals surface area (Å²) < 4.78 is 65.9. The smallest absolute Gasteiger partial charge is 0.497 e. The molecule has 2 aliphatic heterocycles. The minimum absolute atomic E-state index is 0.00917. The molecule has 0 amide bonds. The largest absolute Gasteiger partial charge is 0.514 e. The zero-order chi connectivity index (χ0) is 47.8. The minimum Gasteiger partial charge on any atom is -0.497 e. The Hall–Kier alpha value is -5.80. The van der Waals surface area contributed by atoms with Crippen molar-refractivity contribution in [2.24, 2.45) is 5.92 Å². The highest BCUT2D eigenvalue weighted by molar-refractivity contribution is 6.74. The summed E-state index contributed by atoms with van der Waals surface area (Å²) in [6, 6.07) is 23.6. The van der Waals surface area contributed by atoms with Gasteiger partial charge in [-0.25, -0.2) is 4.79 Å². The number of non-ortho nitro benzene ring substituents is 1. The normalized spacial score (nSPS) is 26.2. The lowest BCUT2D eigenvalue weighted by Gasteiger charge is -2.40. The van der Waals surface area contributed by atoms with Crippen LogP contribution in [0.3, 0.4) is 0 Å². The van der Waals surface area contributed by atoms with Gasteiger partial charge in [-0.15, -0.1) is 0 Å². The number of nitro benzene ring substituents is 1. The van der Waals surface area contributed by atoms with Gasteiger partial charge in [0.25, 0.3) is 12.0 Å². The second-order valence-electron chi connectivity index (χ2n) is 17.6. The first-order valence-corrected chi connectivity index (χ1v) is 24.1. The van der Waals surface area contributed by atoms with Crippen LogP contribution in [0.25, 0.3) is 0 Å². The van der Waals surface area contributed by atoms with Gasteiger partial charge < -0.3 is 62.0 Å². The van der Waals surface area contributed by atoms with Crippen molar-refractivity contribution in [3.05, 3.63) is 118 Å². The van der Waals surface area contributed by atoms with Crippen LogP contribution in [0, 0.1) is 16.0 Å². The number of fused-ring (bicyclic) bond motifs is 3. The molecule has 66 heavy (non-hydrogen) atoms. The Balaban J connectivity index is 1.24. The Morgan fingerprint density at radius 2 is 1.58 bits per heavy atom.